The predicted molar refractivity (Wildman–Crippen MR) is 58.0 cm³/mol. The van der Waals surface area contributed by atoms with Crippen LogP contribution < -0.4 is 10.0 Å². The first-order valence-electron chi connectivity index (χ1n) is 4.73. The van der Waals surface area contributed by atoms with Gasteiger partial charge in [0.05, 0.1) is 16.8 Å². The number of nitrogens with one attached hydrogen (secondary N) is 2. The molecule has 9 heteroatoms. The van der Waals surface area contributed by atoms with E-state index in [-0.39, 0.29) is 31.0 Å². The Morgan fingerprint density at radius 3 is 2.50 bits per heavy atom. The van der Waals surface area contributed by atoms with Crippen LogP contribution in [0.2, 0.25) is 0 Å². The van der Waals surface area contributed by atoms with Crippen LogP contribution >= 0.6 is 0 Å². The normalized spacial score (nSPS) is 24.1. The molecule has 16 heavy (non-hydrogen) atoms. The van der Waals surface area contributed by atoms with Crippen molar-refractivity contribution in [1.29, 1.82) is 0 Å². The number of hydrogen-bond acceptors (Lipinski definition) is 5. The molecule has 1 aliphatic heterocycles. The molecule has 0 aliphatic carbocycles. The minimum atomic E-state index is -3.60. The Morgan fingerprint density at radius 2 is 2.00 bits per heavy atom. The summed E-state index contributed by atoms with van der Waals surface area (Å²) in [5, 5.41) is 1.44. The number of amides is 1. The lowest BCUT2D eigenvalue weighted by Crippen LogP contribution is -2.38. The first-order chi connectivity index (χ1) is 7.37. The van der Waals surface area contributed by atoms with Crippen LogP contribution in [0.1, 0.15) is 6.42 Å². The van der Waals surface area contributed by atoms with Gasteiger partial charge < -0.3 is 5.32 Å². The van der Waals surface area contributed by atoms with Gasteiger partial charge in [0, 0.05) is 13.1 Å². The second-order valence-electron chi connectivity index (χ2n) is 3.54. The Kier molecular flexibility index (Phi) is 4.28. The highest BCUT2D eigenvalue weighted by Gasteiger charge is 2.36. The van der Waals surface area contributed by atoms with Crippen molar-refractivity contribution in [3.63, 3.8) is 0 Å². The summed E-state index contributed by atoms with van der Waals surface area (Å²) in [5.41, 5.74) is 0. The van der Waals surface area contributed by atoms with Crippen LogP contribution in [0, 0.1) is 0 Å². The molecule has 1 amide bonds. The van der Waals surface area contributed by atoms with Crippen molar-refractivity contribution in [2.75, 3.05) is 24.6 Å². The SMILES string of the molecule is O=CNCCNS(=O)(=O)[C@H]1CCS(=O)(=O)C1. The largest absolute Gasteiger partial charge is 0.357 e. The zero-order valence-corrected chi connectivity index (χ0v) is 10.2. The van der Waals surface area contributed by atoms with E-state index < -0.39 is 25.1 Å². The van der Waals surface area contributed by atoms with E-state index in [0.717, 1.165) is 0 Å². The summed E-state index contributed by atoms with van der Waals surface area (Å²) in [7, 11) is -6.80. The highest BCUT2D eigenvalue weighted by molar-refractivity contribution is 7.95. The number of carbonyl (C=O) groups excluding carboxylic acids is 1. The summed E-state index contributed by atoms with van der Waals surface area (Å²) in [6.45, 7) is 0.250. The molecule has 0 aromatic carbocycles. The summed E-state index contributed by atoms with van der Waals surface area (Å²) in [6, 6.07) is 0. The van der Waals surface area contributed by atoms with E-state index in [9.17, 15) is 21.6 Å². The van der Waals surface area contributed by atoms with E-state index in [2.05, 4.69) is 10.0 Å². The van der Waals surface area contributed by atoms with E-state index >= 15 is 0 Å². The fourth-order valence-electron chi connectivity index (χ4n) is 1.45. The van der Waals surface area contributed by atoms with Crippen molar-refractivity contribution in [2.24, 2.45) is 0 Å². The molecule has 0 aromatic heterocycles. The lowest BCUT2D eigenvalue weighted by atomic mass is 10.4. The third-order valence-corrected chi connectivity index (χ3v) is 6.15. The molecule has 1 aliphatic rings. The summed E-state index contributed by atoms with van der Waals surface area (Å²) in [6.07, 6.45) is 0.604. The first-order valence-corrected chi connectivity index (χ1v) is 8.10. The molecule has 0 saturated carbocycles. The van der Waals surface area contributed by atoms with Crippen molar-refractivity contribution < 1.29 is 21.6 Å². The number of hydrogen-bond donors (Lipinski definition) is 2. The first kappa shape index (κ1) is 13.4. The molecular weight excluding hydrogens is 256 g/mol. The maximum absolute atomic E-state index is 11.6. The molecule has 1 saturated heterocycles. The molecule has 7 nitrogen and oxygen atoms in total. The standard InChI is InChI=1S/C7H14N2O5S2/c10-6-8-2-3-9-16(13,14)7-1-4-15(11,12)5-7/h6-7,9H,1-5H2,(H,8,10)/t7-/m0/s1. The van der Waals surface area contributed by atoms with Gasteiger partial charge in [0.2, 0.25) is 16.4 Å². The summed E-state index contributed by atoms with van der Waals surface area (Å²) < 4.78 is 47.7. The predicted octanol–water partition coefficient (Wildman–Crippen LogP) is -2.16. The van der Waals surface area contributed by atoms with E-state index in [1.165, 1.54) is 0 Å². The highest BCUT2D eigenvalue weighted by atomic mass is 32.2. The maximum Gasteiger partial charge on any atom is 0.215 e. The molecule has 0 spiro atoms. The number of sulfone groups is 1. The van der Waals surface area contributed by atoms with Gasteiger partial charge in [-0.3, -0.25) is 4.79 Å². The van der Waals surface area contributed by atoms with Crippen LogP contribution in [-0.4, -0.2) is 53.1 Å². The molecule has 2 N–H and O–H groups in total. The average Bonchev–Trinajstić information content (AvgIpc) is 2.54. The minimum Gasteiger partial charge on any atom is -0.357 e. The maximum atomic E-state index is 11.6. The zero-order valence-electron chi connectivity index (χ0n) is 8.55. The van der Waals surface area contributed by atoms with Crippen molar-refractivity contribution >= 4 is 26.3 Å². The molecule has 0 unspecified atom stereocenters. The second-order valence-corrected chi connectivity index (χ2v) is 7.81. The Bertz CT molecular complexity index is 441. The zero-order chi connectivity index (χ0) is 12.2. The Morgan fingerprint density at radius 1 is 1.31 bits per heavy atom. The van der Waals surface area contributed by atoms with Crippen molar-refractivity contribution in [2.45, 2.75) is 11.7 Å². The van der Waals surface area contributed by atoms with Crippen LogP contribution in [0.5, 0.6) is 0 Å². The Balaban J connectivity index is 2.49. The van der Waals surface area contributed by atoms with Gasteiger partial charge in [-0.25, -0.2) is 21.6 Å². The van der Waals surface area contributed by atoms with Crippen LogP contribution in [0.25, 0.3) is 0 Å². The van der Waals surface area contributed by atoms with Crippen molar-refractivity contribution in [3.05, 3.63) is 0 Å². The van der Waals surface area contributed by atoms with E-state index in [4.69, 9.17) is 0 Å². The third kappa shape index (κ3) is 3.72. The minimum absolute atomic E-state index is 0.0671. The number of carbonyl (C=O) groups is 1. The molecule has 94 valence electrons. The quantitative estimate of drug-likeness (QED) is 0.422. The van der Waals surface area contributed by atoms with E-state index in [1.807, 2.05) is 0 Å². The lowest BCUT2D eigenvalue weighted by molar-refractivity contribution is -0.109. The van der Waals surface area contributed by atoms with Crippen LogP contribution in [0.15, 0.2) is 0 Å². The molecule has 1 fully saturated rings. The van der Waals surface area contributed by atoms with Gasteiger partial charge in [0.15, 0.2) is 9.84 Å². The van der Waals surface area contributed by atoms with Crippen LogP contribution in [0.4, 0.5) is 0 Å². The molecule has 1 atom stereocenters. The topological polar surface area (TPSA) is 109 Å². The summed E-state index contributed by atoms with van der Waals surface area (Å²) in [4.78, 5) is 9.90. The molecule has 0 bridgehead atoms. The van der Waals surface area contributed by atoms with Gasteiger partial charge in [0.1, 0.15) is 0 Å². The van der Waals surface area contributed by atoms with E-state index in [1.54, 1.807) is 0 Å². The van der Waals surface area contributed by atoms with Gasteiger partial charge >= 0.3 is 0 Å². The van der Waals surface area contributed by atoms with Crippen molar-refractivity contribution in [1.82, 2.24) is 10.0 Å². The Hall–Kier alpha value is -0.670. The molecule has 0 radical (unpaired) electrons. The fourth-order valence-corrected chi connectivity index (χ4v) is 5.53. The average molecular weight is 270 g/mol. The number of sulfonamides is 1. The summed E-state index contributed by atoms with van der Waals surface area (Å²) >= 11 is 0. The van der Waals surface area contributed by atoms with Gasteiger partial charge in [-0.1, -0.05) is 0 Å². The van der Waals surface area contributed by atoms with Gasteiger partial charge in [0.25, 0.3) is 0 Å². The number of rotatable bonds is 6. The lowest BCUT2D eigenvalue weighted by Gasteiger charge is -2.10. The molecule has 0 aromatic rings. The third-order valence-electron chi connectivity index (χ3n) is 2.29. The van der Waals surface area contributed by atoms with Crippen molar-refractivity contribution in [3.8, 4) is 0 Å². The molecule has 1 heterocycles. The highest BCUT2D eigenvalue weighted by Crippen LogP contribution is 2.17. The smallest absolute Gasteiger partial charge is 0.215 e. The van der Waals surface area contributed by atoms with Crippen LogP contribution in [-0.2, 0) is 24.7 Å². The second kappa shape index (κ2) is 5.11. The fraction of sp³-hybridized carbons (Fsp3) is 0.857. The van der Waals surface area contributed by atoms with Gasteiger partial charge in [-0.15, -0.1) is 0 Å². The van der Waals surface area contributed by atoms with Gasteiger partial charge in [-0.05, 0) is 6.42 Å². The van der Waals surface area contributed by atoms with E-state index in [0.29, 0.717) is 6.41 Å². The van der Waals surface area contributed by atoms with Gasteiger partial charge in [-0.2, -0.15) is 0 Å². The monoisotopic (exact) mass is 270 g/mol. The van der Waals surface area contributed by atoms with Crippen LogP contribution in [0.3, 0.4) is 0 Å². The Labute approximate surface area is 94.6 Å². The molecule has 1 rings (SSSR count). The molecular formula is C7H14N2O5S2. The summed E-state index contributed by atoms with van der Waals surface area (Å²) in [5.74, 6) is -0.394.